The number of fused-ring (bicyclic) bond motifs is 5. The molecule has 0 radical (unpaired) electrons. The van der Waals surface area contributed by atoms with Gasteiger partial charge in [0, 0.05) is 39.4 Å². The smallest absolute Gasteiger partial charge is 0.258 e. The molecule has 0 atom stereocenters. The molecule has 178 valence electrons. The van der Waals surface area contributed by atoms with Crippen LogP contribution >= 0.6 is 11.3 Å². The van der Waals surface area contributed by atoms with E-state index in [1.807, 2.05) is 58.6 Å². The van der Waals surface area contributed by atoms with Crippen LogP contribution in [0, 0.1) is 0 Å². The number of anilines is 1. The van der Waals surface area contributed by atoms with Crippen molar-refractivity contribution < 1.29 is 4.79 Å². The predicted molar refractivity (Wildman–Crippen MR) is 138 cm³/mol. The molecule has 1 aliphatic rings. The average molecular weight is 488 g/mol. The molecule has 1 amide bonds. The number of rotatable bonds is 4. The first-order chi connectivity index (χ1) is 17.0. The van der Waals surface area contributed by atoms with Gasteiger partial charge in [0.2, 0.25) is 5.43 Å². The minimum atomic E-state index is -0.408. The molecule has 0 unspecified atom stereocenters. The second-order valence-electron chi connectivity index (χ2n) is 8.96. The number of para-hydroxylation sites is 1. The third-order valence-corrected chi connectivity index (χ3v) is 7.66. The maximum Gasteiger partial charge on any atom is 0.258 e. The van der Waals surface area contributed by atoms with Crippen LogP contribution in [0.3, 0.4) is 0 Å². The standard InChI is InChI=1S/C25H25N7O2S/c1-29-9-11-31(12-10-29)20-8-7-17-22(33)21(24(34)26-13-16-14-30(2)15-27-16)25-32(23(17)28-20)18-5-3-4-6-19(18)35-25/h3-8,14-15H,9-13H2,1-2H3,(H,26,34). The van der Waals surface area contributed by atoms with Gasteiger partial charge in [-0.05, 0) is 31.3 Å². The molecule has 6 rings (SSSR count). The van der Waals surface area contributed by atoms with Crippen LogP contribution in [0.15, 0.2) is 53.7 Å². The van der Waals surface area contributed by atoms with Crippen molar-refractivity contribution in [1.29, 1.82) is 0 Å². The minimum Gasteiger partial charge on any atom is -0.354 e. The number of imidazole rings is 1. The minimum absolute atomic E-state index is 0.142. The molecular formula is C25H25N7O2S. The average Bonchev–Trinajstić information content (AvgIpc) is 3.46. The Morgan fingerprint density at radius 3 is 2.66 bits per heavy atom. The molecule has 5 aromatic rings. The highest BCUT2D eigenvalue weighted by Gasteiger charge is 2.24. The number of pyridine rings is 2. The van der Waals surface area contributed by atoms with Crippen molar-refractivity contribution in [2.24, 2.45) is 7.05 Å². The van der Waals surface area contributed by atoms with Gasteiger partial charge < -0.3 is 19.7 Å². The number of carbonyl (C=O) groups is 1. The summed E-state index contributed by atoms with van der Waals surface area (Å²) >= 11 is 1.44. The summed E-state index contributed by atoms with van der Waals surface area (Å²) in [6.07, 6.45) is 3.52. The number of amides is 1. The zero-order valence-corrected chi connectivity index (χ0v) is 20.4. The number of nitrogens with one attached hydrogen (secondary N) is 1. The highest BCUT2D eigenvalue weighted by atomic mass is 32.1. The van der Waals surface area contributed by atoms with Crippen LogP contribution < -0.4 is 15.6 Å². The summed E-state index contributed by atoms with van der Waals surface area (Å²) in [5.41, 5.74) is 2.08. The van der Waals surface area contributed by atoms with Gasteiger partial charge in [0.05, 0.1) is 34.2 Å². The van der Waals surface area contributed by atoms with E-state index in [0.717, 1.165) is 47.9 Å². The van der Waals surface area contributed by atoms with E-state index >= 15 is 0 Å². The van der Waals surface area contributed by atoms with Crippen LogP contribution in [0.1, 0.15) is 16.1 Å². The highest BCUT2D eigenvalue weighted by Crippen LogP contribution is 2.31. The van der Waals surface area contributed by atoms with Crippen LogP contribution in [0.2, 0.25) is 0 Å². The molecule has 1 fully saturated rings. The van der Waals surface area contributed by atoms with E-state index in [4.69, 9.17) is 4.98 Å². The largest absolute Gasteiger partial charge is 0.354 e. The number of aromatic nitrogens is 4. The topological polar surface area (TPSA) is 87.8 Å². The first kappa shape index (κ1) is 21.8. The molecule has 1 N–H and O–H groups in total. The lowest BCUT2D eigenvalue weighted by Gasteiger charge is -2.33. The molecule has 5 heterocycles. The van der Waals surface area contributed by atoms with Crippen molar-refractivity contribution in [2.45, 2.75) is 6.54 Å². The van der Waals surface area contributed by atoms with Crippen molar-refractivity contribution in [2.75, 3.05) is 38.1 Å². The van der Waals surface area contributed by atoms with Crippen LogP contribution in [0.4, 0.5) is 5.82 Å². The molecule has 0 spiro atoms. The maximum absolute atomic E-state index is 13.7. The summed E-state index contributed by atoms with van der Waals surface area (Å²) in [5.74, 6) is 0.441. The van der Waals surface area contributed by atoms with Gasteiger partial charge in [-0.25, -0.2) is 9.97 Å². The van der Waals surface area contributed by atoms with Crippen molar-refractivity contribution >= 4 is 49.1 Å². The van der Waals surface area contributed by atoms with E-state index < -0.39 is 5.91 Å². The fourth-order valence-corrected chi connectivity index (χ4v) is 5.79. The number of likely N-dealkylation sites (N-methyl/N-ethyl adjacent to an activating group) is 1. The first-order valence-electron chi connectivity index (χ1n) is 11.5. The summed E-state index contributed by atoms with van der Waals surface area (Å²) in [6.45, 7) is 3.93. The Balaban J connectivity index is 1.51. The lowest BCUT2D eigenvalue weighted by Crippen LogP contribution is -2.44. The van der Waals surface area contributed by atoms with Crippen molar-refractivity contribution in [3.05, 3.63) is 70.4 Å². The van der Waals surface area contributed by atoms with Crippen LogP contribution in [-0.4, -0.2) is 63.0 Å². The second-order valence-corrected chi connectivity index (χ2v) is 9.99. The number of piperazine rings is 1. The van der Waals surface area contributed by atoms with Crippen molar-refractivity contribution in [3.63, 3.8) is 0 Å². The third kappa shape index (κ3) is 3.75. The van der Waals surface area contributed by atoms with Crippen molar-refractivity contribution in [1.82, 2.24) is 29.2 Å². The van der Waals surface area contributed by atoms with Gasteiger partial charge in [0.25, 0.3) is 5.91 Å². The van der Waals surface area contributed by atoms with Crippen LogP contribution in [-0.2, 0) is 13.6 Å². The van der Waals surface area contributed by atoms with Gasteiger partial charge in [-0.2, -0.15) is 0 Å². The van der Waals surface area contributed by atoms with Gasteiger partial charge in [-0.3, -0.25) is 14.0 Å². The zero-order valence-electron chi connectivity index (χ0n) is 19.6. The quantitative estimate of drug-likeness (QED) is 0.419. The number of hydrogen-bond donors (Lipinski definition) is 1. The molecule has 10 heteroatoms. The third-order valence-electron chi connectivity index (χ3n) is 6.52. The molecule has 1 aliphatic heterocycles. The van der Waals surface area contributed by atoms with Gasteiger partial charge in [0.1, 0.15) is 16.2 Å². The van der Waals surface area contributed by atoms with Crippen LogP contribution in [0.5, 0.6) is 0 Å². The Kier molecular flexibility index (Phi) is 5.27. The normalized spacial score (nSPS) is 14.9. The Morgan fingerprint density at radius 2 is 1.89 bits per heavy atom. The molecule has 1 saturated heterocycles. The van der Waals surface area contributed by atoms with E-state index in [2.05, 4.69) is 27.1 Å². The molecule has 1 aromatic carbocycles. The number of nitrogens with zero attached hydrogens (tertiary/aromatic N) is 6. The van der Waals surface area contributed by atoms with Crippen LogP contribution in [0.25, 0.3) is 26.1 Å². The number of aryl methyl sites for hydroxylation is 1. The first-order valence-corrected chi connectivity index (χ1v) is 12.4. The maximum atomic E-state index is 13.7. The van der Waals surface area contributed by atoms with Gasteiger partial charge in [0.15, 0.2) is 5.65 Å². The molecule has 0 aliphatic carbocycles. The predicted octanol–water partition coefficient (Wildman–Crippen LogP) is 2.48. The Hall–Kier alpha value is -3.76. The highest BCUT2D eigenvalue weighted by molar-refractivity contribution is 7.24. The van der Waals surface area contributed by atoms with E-state index in [-0.39, 0.29) is 17.5 Å². The monoisotopic (exact) mass is 487 g/mol. The number of thiazole rings is 1. The van der Waals surface area contributed by atoms with E-state index in [1.165, 1.54) is 11.3 Å². The SMILES string of the molecule is CN1CCN(c2ccc3c(=O)c(C(=O)NCc4cn(C)cn4)c4sc5ccccc5n4c3n2)CC1. The second kappa shape index (κ2) is 8.47. The summed E-state index contributed by atoms with van der Waals surface area (Å²) < 4.78 is 4.77. The lowest BCUT2D eigenvalue weighted by molar-refractivity contribution is 0.0951. The van der Waals surface area contributed by atoms with Crippen molar-refractivity contribution in [3.8, 4) is 0 Å². The summed E-state index contributed by atoms with van der Waals surface area (Å²) in [4.78, 5) is 41.4. The fourth-order valence-electron chi connectivity index (χ4n) is 4.61. The Bertz CT molecular complexity index is 1640. The van der Waals surface area contributed by atoms with Gasteiger partial charge in [-0.1, -0.05) is 12.1 Å². The van der Waals surface area contributed by atoms with E-state index in [9.17, 15) is 9.59 Å². The lowest BCUT2D eigenvalue weighted by atomic mass is 10.1. The number of carbonyl (C=O) groups excluding carboxylic acids is 1. The zero-order chi connectivity index (χ0) is 24.1. The molecule has 4 aromatic heterocycles. The van der Waals surface area contributed by atoms with Gasteiger partial charge >= 0.3 is 0 Å². The molecule has 9 nitrogen and oxygen atoms in total. The van der Waals surface area contributed by atoms with Gasteiger partial charge in [-0.15, -0.1) is 11.3 Å². The summed E-state index contributed by atoms with van der Waals surface area (Å²) in [7, 11) is 3.99. The molecule has 35 heavy (non-hydrogen) atoms. The Morgan fingerprint density at radius 1 is 1.09 bits per heavy atom. The molecule has 0 bridgehead atoms. The molecular weight excluding hydrogens is 462 g/mol. The fraction of sp³-hybridized carbons (Fsp3) is 0.280. The van der Waals surface area contributed by atoms with E-state index in [0.29, 0.717) is 15.9 Å². The number of benzene rings is 1. The molecule has 0 saturated carbocycles. The summed E-state index contributed by atoms with van der Waals surface area (Å²) in [5, 5.41) is 3.32. The number of hydrogen-bond acceptors (Lipinski definition) is 7. The summed E-state index contributed by atoms with van der Waals surface area (Å²) in [6, 6.07) is 11.6. The Labute approximate surface area is 205 Å². The van der Waals surface area contributed by atoms with E-state index in [1.54, 1.807) is 6.33 Å².